The van der Waals surface area contributed by atoms with Crippen molar-refractivity contribution in [3.8, 4) is 0 Å². The van der Waals surface area contributed by atoms with Gasteiger partial charge in [0.15, 0.2) is 0 Å². The fourth-order valence-electron chi connectivity index (χ4n) is 1.72. The molecule has 15 heavy (non-hydrogen) atoms. The largest absolute Gasteiger partial charge is 0.384 e. The molecule has 3 heteroatoms. The summed E-state index contributed by atoms with van der Waals surface area (Å²) in [7, 11) is 0. The minimum absolute atomic E-state index is 0.612. The van der Waals surface area contributed by atoms with E-state index in [2.05, 4.69) is 23.7 Å². The molecule has 0 unspecified atom stereocenters. The van der Waals surface area contributed by atoms with Gasteiger partial charge in [-0.05, 0) is 38.1 Å². The van der Waals surface area contributed by atoms with Crippen molar-refractivity contribution in [2.75, 3.05) is 18.8 Å². The van der Waals surface area contributed by atoms with Crippen molar-refractivity contribution in [1.82, 2.24) is 9.88 Å². The third-order valence-corrected chi connectivity index (χ3v) is 2.29. The van der Waals surface area contributed by atoms with Gasteiger partial charge >= 0.3 is 0 Å². The Kier molecular flexibility index (Phi) is 5.12. The molecule has 0 amide bonds. The molecule has 0 aliphatic heterocycles. The summed E-state index contributed by atoms with van der Waals surface area (Å²) in [4.78, 5) is 6.73. The van der Waals surface area contributed by atoms with Gasteiger partial charge in [0.25, 0.3) is 0 Å². The highest BCUT2D eigenvalue weighted by molar-refractivity contribution is 5.28. The van der Waals surface area contributed by atoms with Crippen molar-refractivity contribution in [1.29, 1.82) is 0 Å². The zero-order valence-electron chi connectivity index (χ0n) is 9.74. The molecule has 0 atom stereocenters. The summed E-state index contributed by atoms with van der Waals surface area (Å²) >= 11 is 0. The fourth-order valence-corrected chi connectivity index (χ4v) is 1.72. The van der Waals surface area contributed by atoms with Gasteiger partial charge in [-0.15, -0.1) is 0 Å². The van der Waals surface area contributed by atoms with Gasteiger partial charge in [-0.3, -0.25) is 4.90 Å². The van der Waals surface area contributed by atoms with Crippen LogP contribution in [-0.2, 0) is 6.54 Å². The van der Waals surface area contributed by atoms with E-state index in [-0.39, 0.29) is 0 Å². The molecule has 1 rings (SSSR count). The molecular weight excluding hydrogens is 186 g/mol. The molecule has 0 saturated carbocycles. The number of nitrogen functional groups attached to an aromatic ring is 1. The van der Waals surface area contributed by atoms with Crippen LogP contribution in [0.4, 0.5) is 5.82 Å². The first-order chi connectivity index (χ1) is 7.26. The highest BCUT2D eigenvalue weighted by atomic mass is 15.1. The predicted octanol–water partition coefficient (Wildman–Crippen LogP) is 2.29. The summed E-state index contributed by atoms with van der Waals surface area (Å²) in [6.07, 6.45) is 2.37. The van der Waals surface area contributed by atoms with Gasteiger partial charge in [-0.1, -0.05) is 19.9 Å². The van der Waals surface area contributed by atoms with Crippen molar-refractivity contribution in [2.45, 2.75) is 33.2 Å². The first-order valence-corrected chi connectivity index (χ1v) is 5.70. The van der Waals surface area contributed by atoms with Crippen LogP contribution in [-0.4, -0.2) is 23.0 Å². The second kappa shape index (κ2) is 6.40. The van der Waals surface area contributed by atoms with Gasteiger partial charge in [0.2, 0.25) is 0 Å². The van der Waals surface area contributed by atoms with Crippen molar-refractivity contribution >= 4 is 5.82 Å². The minimum Gasteiger partial charge on any atom is -0.384 e. The molecular formula is C12H21N3. The van der Waals surface area contributed by atoms with E-state index >= 15 is 0 Å². The molecule has 0 spiro atoms. The molecule has 3 nitrogen and oxygen atoms in total. The average Bonchev–Trinajstić information content (AvgIpc) is 2.18. The molecule has 0 aliphatic rings. The molecule has 0 aromatic carbocycles. The number of rotatable bonds is 6. The topological polar surface area (TPSA) is 42.1 Å². The van der Waals surface area contributed by atoms with Crippen LogP contribution in [0.25, 0.3) is 0 Å². The number of pyridine rings is 1. The molecule has 1 aromatic rings. The predicted molar refractivity (Wildman–Crippen MR) is 64.5 cm³/mol. The summed E-state index contributed by atoms with van der Waals surface area (Å²) in [5.41, 5.74) is 6.72. The second-order valence-electron chi connectivity index (χ2n) is 3.83. The Morgan fingerprint density at radius 3 is 2.40 bits per heavy atom. The quantitative estimate of drug-likeness (QED) is 0.778. The van der Waals surface area contributed by atoms with Crippen LogP contribution < -0.4 is 5.73 Å². The van der Waals surface area contributed by atoms with E-state index in [1.807, 2.05) is 18.2 Å². The van der Waals surface area contributed by atoms with E-state index in [4.69, 9.17) is 5.73 Å². The average molecular weight is 207 g/mol. The number of nitrogens with two attached hydrogens (primary N) is 1. The van der Waals surface area contributed by atoms with E-state index in [0.717, 1.165) is 25.3 Å². The number of anilines is 1. The zero-order chi connectivity index (χ0) is 11.1. The molecule has 1 heterocycles. The van der Waals surface area contributed by atoms with Gasteiger partial charge in [0.05, 0.1) is 5.69 Å². The molecule has 1 aromatic heterocycles. The van der Waals surface area contributed by atoms with Gasteiger partial charge in [0, 0.05) is 6.54 Å². The number of aromatic nitrogens is 1. The van der Waals surface area contributed by atoms with E-state index in [0.29, 0.717) is 5.82 Å². The molecule has 0 bridgehead atoms. The molecule has 0 saturated heterocycles. The van der Waals surface area contributed by atoms with E-state index in [1.54, 1.807) is 0 Å². The Morgan fingerprint density at radius 2 is 1.87 bits per heavy atom. The molecule has 0 radical (unpaired) electrons. The zero-order valence-corrected chi connectivity index (χ0v) is 9.74. The van der Waals surface area contributed by atoms with Crippen LogP contribution in [0.1, 0.15) is 32.4 Å². The molecule has 0 fully saturated rings. The molecule has 0 aliphatic carbocycles. The van der Waals surface area contributed by atoms with Gasteiger partial charge < -0.3 is 5.73 Å². The van der Waals surface area contributed by atoms with Crippen LogP contribution in [0, 0.1) is 0 Å². The van der Waals surface area contributed by atoms with Gasteiger partial charge in [-0.25, -0.2) is 4.98 Å². The van der Waals surface area contributed by atoms with Crippen LogP contribution in [0.2, 0.25) is 0 Å². The summed E-state index contributed by atoms with van der Waals surface area (Å²) in [6, 6.07) is 5.83. The standard InChI is InChI=1S/C12H21N3/c1-3-8-15(9-4-2)10-11-6-5-7-12(13)14-11/h5-7H,3-4,8-10H2,1-2H3,(H2,13,14). The Balaban J connectivity index is 2.56. The smallest absolute Gasteiger partial charge is 0.123 e. The van der Waals surface area contributed by atoms with Crippen LogP contribution >= 0.6 is 0 Å². The summed E-state index contributed by atoms with van der Waals surface area (Å²) < 4.78 is 0. The monoisotopic (exact) mass is 207 g/mol. The highest BCUT2D eigenvalue weighted by Crippen LogP contribution is 2.05. The SMILES string of the molecule is CCCN(CCC)Cc1cccc(N)n1. The Morgan fingerprint density at radius 1 is 1.20 bits per heavy atom. The van der Waals surface area contributed by atoms with Crippen molar-refractivity contribution in [3.05, 3.63) is 23.9 Å². The van der Waals surface area contributed by atoms with Crippen LogP contribution in [0.5, 0.6) is 0 Å². The van der Waals surface area contributed by atoms with Crippen LogP contribution in [0.15, 0.2) is 18.2 Å². The number of nitrogens with zero attached hydrogens (tertiary/aromatic N) is 2. The summed E-state index contributed by atoms with van der Waals surface area (Å²) in [6.45, 7) is 7.58. The first kappa shape index (κ1) is 12.0. The Bertz CT molecular complexity index is 280. The maximum absolute atomic E-state index is 5.65. The fraction of sp³-hybridized carbons (Fsp3) is 0.583. The summed E-state index contributed by atoms with van der Waals surface area (Å²) in [5, 5.41) is 0. The lowest BCUT2D eigenvalue weighted by Crippen LogP contribution is -2.25. The minimum atomic E-state index is 0.612. The van der Waals surface area contributed by atoms with Crippen LogP contribution in [0.3, 0.4) is 0 Å². The maximum Gasteiger partial charge on any atom is 0.123 e. The van der Waals surface area contributed by atoms with E-state index in [9.17, 15) is 0 Å². The van der Waals surface area contributed by atoms with Crippen molar-refractivity contribution in [3.63, 3.8) is 0 Å². The third-order valence-electron chi connectivity index (χ3n) is 2.29. The van der Waals surface area contributed by atoms with Crippen molar-refractivity contribution in [2.24, 2.45) is 0 Å². The molecule has 84 valence electrons. The van der Waals surface area contributed by atoms with Crippen molar-refractivity contribution < 1.29 is 0 Å². The lowest BCUT2D eigenvalue weighted by molar-refractivity contribution is 0.263. The maximum atomic E-state index is 5.65. The van der Waals surface area contributed by atoms with Gasteiger partial charge in [0.1, 0.15) is 5.82 Å². The van der Waals surface area contributed by atoms with Gasteiger partial charge in [-0.2, -0.15) is 0 Å². The lowest BCUT2D eigenvalue weighted by Gasteiger charge is -2.20. The lowest BCUT2D eigenvalue weighted by atomic mass is 10.3. The second-order valence-corrected chi connectivity index (χ2v) is 3.83. The number of hydrogen-bond acceptors (Lipinski definition) is 3. The molecule has 2 N–H and O–H groups in total. The van der Waals surface area contributed by atoms with E-state index < -0.39 is 0 Å². The van der Waals surface area contributed by atoms with E-state index in [1.165, 1.54) is 12.8 Å². The Hall–Kier alpha value is -1.09. The normalized spacial score (nSPS) is 10.9. The Labute approximate surface area is 92.3 Å². The number of hydrogen-bond donors (Lipinski definition) is 1. The first-order valence-electron chi connectivity index (χ1n) is 5.70. The highest BCUT2D eigenvalue weighted by Gasteiger charge is 2.04. The third kappa shape index (κ3) is 4.30. The summed E-state index contributed by atoms with van der Waals surface area (Å²) in [5.74, 6) is 0.612.